The maximum absolute atomic E-state index is 11.7. The highest BCUT2D eigenvalue weighted by atomic mass is 16.4. The van der Waals surface area contributed by atoms with Gasteiger partial charge in [-0.3, -0.25) is 0 Å². The predicted octanol–water partition coefficient (Wildman–Crippen LogP) is 2.36. The molecule has 0 aromatic carbocycles. The third kappa shape index (κ3) is 3.31. The van der Waals surface area contributed by atoms with Crippen molar-refractivity contribution in [3.8, 4) is 0 Å². The lowest BCUT2D eigenvalue weighted by molar-refractivity contribution is 0.0660. The number of carboxylic acid groups (broad SMARTS) is 1. The monoisotopic (exact) mass is 280 g/mol. The van der Waals surface area contributed by atoms with Crippen LogP contribution < -0.4 is 10.6 Å². The minimum absolute atomic E-state index is 0.124. The summed E-state index contributed by atoms with van der Waals surface area (Å²) in [5.74, 6) is -0.816. The van der Waals surface area contributed by atoms with Crippen LogP contribution in [0.3, 0.4) is 0 Å². The molecule has 1 heterocycles. The zero-order chi connectivity index (χ0) is 14.6. The molecule has 2 amide bonds. The first kappa shape index (κ1) is 14.4. The Bertz CT molecular complexity index is 486. The van der Waals surface area contributed by atoms with Crippen LogP contribution in [-0.4, -0.2) is 23.7 Å². The highest BCUT2D eigenvalue weighted by molar-refractivity contribution is 5.84. The first-order valence-electron chi connectivity index (χ1n) is 6.88. The molecule has 0 bridgehead atoms. The van der Waals surface area contributed by atoms with Gasteiger partial charge in [0, 0.05) is 6.54 Å². The number of hydrogen-bond acceptors (Lipinski definition) is 3. The van der Waals surface area contributed by atoms with Crippen molar-refractivity contribution in [3.05, 3.63) is 23.7 Å². The van der Waals surface area contributed by atoms with E-state index in [2.05, 4.69) is 17.6 Å². The molecule has 3 N–H and O–H groups in total. The van der Waals surface area contributed by atoms with E-state index >= 15 is 0 Å². The lowest BCUT2D eigenvalue weighted by Gasteiger charge is -2.41. The number of nitrogens with one attached hydrogen (secondary N) is 2. The molecule has 0 unspecified atom stereocenters. The summed E-state index contributed by atoms with van der Waals surface area (Å²) in [4.78, 5) is 22.3. The van der Waals surface area contributed by atoms with E-state index in [1.165, 1.54) is 25.3 Å². The molecule has 1 aliphatic carbocycles. The van der Waals surface area contributed by atoms with E-state index in [1.807, 2.05) is 0 Å². The predicted molar refractivity (Wildman–Crippen MR) is 72.5 cm³/mol. The van der Waals surface area contributed by atoms with Gasteiger partial charge in [0.2, 0.25) is 5.76 Å². The SMILES string of the molecule is CCC1(CNC(=O)NCc2ccc(C(=O)O)o2)CCC1. The number of carbonyl (C=O) groups excluding carboxylic acids is 1. The Morgan fingerprint density at radius 2 is 2.10 bits per heavy atom. The van der Waals surface area contributed by atoms with Crippen LogP contribution in [0.4, 0.5) is 4.79 Å². The lowest BCUT2D eigenvalue weighted by Crippen LogP contribution is -2.45. The molecule has 2 rings (SSSR count). The topological polar surface area (TPSA) is 91.6 Å². The van der Waals surface area contributed by atoms with Crippen molar-refractivity contribution in [2.45, 2.75) is 39.2 Å². The summed E-state index contributed by atoms with van der Waals surface area (Å²) in [6.45, 7) is 3.02. The van der Waals surface area contributed by atoms with Crippen LogP contribution in [0.2, 0.25) is 0 Å². The van der Waals surface area contributed by atoms with Crippen LogP contribution in [-0.2, 0) is 6.54 Å². The molecular weight excluding hydrogens is 260 g/mol. The Morgan fingerprint density at radius 1 is 1.35 bits per heavy atom. The number of urea groups is 1. The maximum atomic E-state index is 11.7. The molecule has 1 saturated carbocycles. The van der Waals surface area contributed by atoms with E-state index in [0.29, 0.717) is 12.3 Å². The summed E-state index contributed by atoms with van der Waals surface area (Å²) in [5, 5.41) is 14.2. The van der Waals surface area contributed by atoms with E-state index in [1.54, 1.807) is 6.07 Å². The Morgan fingerprint density at radius 3 is 2.60 bits per heavy atom. The molecule has 0 saturated heterocycles. The van der Waals surface area contributed by atoms with Gasteiger partial charge in [-0.25, -0.2) is 9.59 Å². The molecule has 6 heteroatoms. The van der Waals surface area contributed by atoms with Gasteiger partial charge in [0.05, 0.1) is 6.54 Å². The van der Waals surface area contributed by atoms with E-state index in [-0.39, 0.29) is 23.8 Å². The van der Waals surface area contributed by atoms with Gasteiger partial charge in [0.15, 0.2) is 0 Å². The summed E-state index contributed by atoms with van der Waals surface area (Å²) in [6, 6.07) is 2.67. The van der Waals surface area contributed by atoms with Crippen LogP contribution >= 0.6 is 0 Å². The zero-order valence-corrected chi connectivity index (χ0v) is 11.6. The largest absolute Gasteiger partial charge is 0.475 e. The van der Waals surface area contributed by atoms with Crippen LogP contribution in [0.1, 0.15) is 48.9 Å². The summed E-state index contributed by atoms with van der Waals surface area (Å²) in [5.41, 5.74) is 0.276. The van der Waals surface area contributed by atoms with Crippen molar-refractivity contribution in [2.75, 3.05) is 6.54 Å². The molecule has 1 aromatic rings. The third-order valence-electron chi connectivity index (χ3n) is 4.08. The minimum atomic E-state index is -1.12. The van der Waals surface area contributed by atoms with Crippen molar-refractivity contribution in [1.82, 2.24) is 10.6 Å². The van der Waals surface area contributed by atoms with E-state index < -0.39 is 5.97 Å². The molecule has 1 aliphatic rings. The van der Waals surface area contributed by atoms with Crippen LogP contribution in [0.15, 0.2) is 16.5 Å². The van der Waals surface area contributed by atoms with Gasteiger partial charge < -0.3 is 20.2 Å². The third-order valence-corrected chi connectivity index (χ3v) is 4.08. The number of aromatic carboxylic acids is 1. The number of hydrogen-bond donors (Lipinski definition) is 3. The molecule has 1 aromatic heterocycles. The summed E-state index contributed by atoms with van der Waals surface area (Å²) in [6.07, 6.45) is 4.66. The zero-order valence-electron chi connectivity index (χ0n) is 11.6. The van der Waals surface area contributed by atoms with Gasteiger partial charge in [-0.2, -0.15) is 0 Å². The molecule has 20 heavy (non-hydrogen) atoms. The quantitative estimate of drug-likeness (QED) is 0.746. The van der Waals surface area contributed by atoms with Crippen LogP contribution in [0.5, 0.6) is 0 Å². The van der Waals surface area contributed by atoms with E-state index in [9.17, 15) is 9.59 Å². The molecule has 0 radical (unpaired) electrons. The Kier molecular flexibility index (Phi) is 4.32. The number of furan rings is 1. The molecule has 1 fully saturated rings. The molecule has 6 nitrogen and oxygen atoms in total. The average molecular weight is 280 g/mol. The van der Waals surface area contributed by atoms with Crippen molar-refractivity contribution >= 4 is 12.0 Å². The standard InChI is InChI=1S/C14H20N2O4/c1-2-14(6-3-7-14)9-16-13(19)15-8-10-4-5-11(20-10)12(17)18/h4-5H,2-3,6-9H2,1H3,(H,17,18)(H2,15,16,19). The fourth-order valence-corrected chi connectivity index (χ4v) is 2.42. The Hall–Kier alpha value is -1.98. The average Bonchev–Trinajstić information content (AvgIpc) is 2.84. The first-order valence-corrected chi connectivity index (χ1v) is 6.88. The van der Waals surface area contributed by atoms with Gasteiger partial charge >= 0.3 is 12.0 Å². The van der Waals surface area contributed by atoms with Crippen LogP contribution in [0.25, 0.3) is 0 Å². The van der Waals surface area contributed by atoms with Gasteiger partial charge in [-0.05, 0) is 36.8 Å². The number of rotatable bonds is 6. The molecular formula is C14H20N2O4. The van der Waals surface area contributed by atoms with Crippen molar-refractivity contribution < 1.29 is 19.1 Å². The highest BCUT2D eigenvalue weighted by Gasteiger charge is 2.35. The maximum Gasteiger partial charge on any atom is 0.371 e. The van der Waals surface area contributed by atoms with Crippen molar-refractivity contribution in [2.24, 2.45) is 5.41 Å². The van der Waals surface area contributed by atoms with Crippen molar-refractivity contribution in [3.63, 3.8) is 0 Å². The first-order chi connectivity index (χ1) is 9.54. The van der Waals surface area contributed by atoms with Gasteiger partial charge in [-0.1, -0.05) is 13.3 Å². The lowest BCUT2D eigenvalue weighted by atomic mass is 9.67. The van der Waals surface area contributed by atoms with E-state index in [4.69, 9.17) is 9.52 Å². The van der Waals surface area contributed by atoms with Gasteiger partial charge in [-0.15, -0.1) is 0 Å². The Labute approximate surface area is 117 Å². The smallest absolute Gasteiger partial charge is 0.371 e. The van der Waals surface area contributed by atoms with E-state index in [0.717, 1.165) is 6.42 Å². The van der Waals surface area contributed by atoms with Crippen molar-refractivity contribution in [1.29, 1.82) is 0 Å². The Balaban J connectivity index is 1.73. The van der Waals surface area contributed by atoms with Gasteiger partial charge in [0.25, 0.3) is 0 Å². The number of carbonyl (C=O) groups is 2. The second kappa shape index (κ2) is 5.98. The second-order valence-corrected chi connectivity index (χ2v) is 5.31. The number of amides is 2. The molecule has 0 aliphatic heterocycles. The van der Waals surface area contributed by atoms with Gasteiger partial charge in [0.1, 0.15) is 5.76 Å². The summed E-state index contributed by atoms with van der Waals surface area (Å²) >= 11 is 0. The number of carboxylic acids is 1. The summed E-state index contributed by atoms with van der Waals surface area (Å²) < 4.78 is 5.05. The minimum Gasteiger partial charge on any atom is -0.475 e. The summed E-state index contributed by atoms with van der Waals surface area (Å²) in [7, 11) is 0. The fourth-order valence-electron chi connectivity index (χ4n) is 2.42. The second-order valence-electron chi connectivity index (χ2n) is 5.31. The molecule has 0 spiro atoms. The molecule has 0 atom stereocenters. The normalized spacial score (nSPS) is 16.2. The highest BCUT2D eigenvalue weighted by Crippen LogP contribution is 2.42. The molecule has 110 valence electrons. The fraction of sp³-hybridized carbons (Fsp3) is 0.571. The van der Waals surface area contributed by atoms with Crippen LogP contribution in [0, 0.1) is 5.41 Å².